The molecule has 0 aliphatic carbocycles. The molecule has 1 aromatic rings. The van der Waals surface area contributed by atoms with Gasteiger partial charge in [-0.3, -0.25) is 4.79 Å². The van der Waals surface area contributed by atoms with E-state index in [4.69, 9.17) is 0 Å². The molecule has 21 heavy (non-hydrogen) atoms. The molecule has 2 heterocycles. The molecule has 3 rings (SSSR count). The number of amides is 1. The molecule has 0 aromatic heterocycles. The Kier molecular flexibility index (Phi) is 4.03. The van der Waals surface area contributed by atoms with E-state index in [1.165, 1.54) is 17.5 Å². The predicted octanol–water partition coefficient (Wildman–Crippen LogP) is 2.84. The second kappa shape index (κ2) is 5.80. The number of nitrogens with zero attached hydrogens (tertiary/aromatic N) is 1. The van der Waals surface area contributed by atoms with Crippen molar-refractivity contribution in [2.24, 2.45) is 11.8 Å². The zero-order chi connectivity index (χ0) is 15.0. The summed E-state index contributed by atoms with van der Waals surface area (Å²) in [5.74, 6) is 1.42. The number of benzene rings is 1. The summed E-state index contributed by atoms with van der Waals surface area (Å²) in [7, 11) is 0. The second-order valence-electron chi connectivity index (χ2n) is 6.89. The van der Waals surface area contributed by atoms with Crippen LogP contribution in [0.3, 0.4) is 0 Å². The Balaban J connectivity index is 1.91. The van der Waals surface area contributed by atoms with Crippen LogP contribution in [-0.2, 0) is 13.0 Å². The van der Waals surface area contributed by atoms with E-state index in [0.717, 1.165) is 31.6 Å². The quantitative estimate of drug-likeness (QED) is 0.861. The highest BCUT2D eigenvalue weighted by Crippen LogP contribution is 2.29. The number of rotatable bonds is 1. The lowest BCUT2D eigenvalue weighted by Gasteiger charge is -2.41. The Morgan fingerprint density at radius 2 is 2.10 bits per heavy atom. The number of carbonyl (C=O) groups excluding carboxylic acids is 1. The minimum absolute atomic E-state index is 0.236. The van der Waals surface area contributed by atoms with E-state index >= 15 is 0 Å². The topological polar surface area (TPSA) is 32.3 Å². The fourth-order valence-electron chi connectivity index (χ4n) is 3.87. The van der Waals surface area contributed by atoms with Crippen molar-refractivity contribution in [3.05, 3.63) is 34.9 Å². The van der Waals surface area contributed by atoms with Crippen LogP contribution in [-0.4, -0.2) is 29.9 Å². The van der Waals surface area contributed by atoms with Crippen molar-refractivity contribution in [3.63, 3.8) is 0 Å². The number of hydrogen-bond acceptors (Lipinski definition) is 2. The summed E-state index contributed by atoms with van der Waals surface area (Å²) >= 11 is 0. The van der Waals surface area contributed by atoms with E-state index in [0.29, 0.717) is 17.9 Å². The van der Waals surface area contributed by atoms with Gasteiger partial charge < -0.3 is 10.2 Å². The number of fused-ring (bicyclic) bond motifs is 1. The minimum atomic E-state index is 0.236. The normalized spacial score (nSPS) is 29.1. The van der Waals surface area contributed by atoms with Gasteiger partial charge in [-0.15, -0.1) is 0 Å². The second-order valence-corrected chi connectivity index (χ2v) is 6.89. The number of piperidine rings is 1. The molecule has 114 valence electrons. The lowest BCUT2D eigenvalue weighted by molar-refractivity contribution is 0.0454. The Hall–Kier alpha value is -1.35. The molecule has 3 nitrogen and oxygen atoms in total. The van der Waals surface area contributed by atoms with Crippen LogP contribution in [0, 0.1) is 11.8 Å². The highest BCUT2D eigenvalue weighted by atomic mass is 16.2. The molecule has 1 N–H and O–H groups in total. The fourth-order valence-corrected chi connectivity index (χ4v) is 3.87. The Bertz CT molecular complexity index is 540. The van der Waals surface area contributed by atoms with E-state index < -0.39 is 0 Å². The lowest BCUT2D eigenvalue weighted by atomic mass is 9.85. The Morgan fingerprint density at radius 3 is 2.90 bits per heavy atom. The van der Waals surface area contributed by atoms with Gasteiger partial charge in [-0.1, -0.05) is 26.0 Å². The van der Waals surface area contributed by atoms with Gasteiger partial charge >= 0.3 is 0 Å². The molecule has 0 spiro atoms. The summed E-state index contributed by atoms with van der Waals surface area (Å²) in [6.07, 6.45) is 2.19. The minimum Gasteiger partial charge on any atom is -0.335 e. The van der Waals surface area contributed by atoms with Crippen molar-refractivity contribution in [2.45, 2.75) is 46.2 Å². The molecule has 2 aliphatic heterocycles. The van der Waals surface area contributed by atoms with Crippen LogP contribution in [0.15, 0.2) is 18.2 Å². The molecule has 1 aromatic carbocycles. The van der Waals surface area contributed by atoms with Crippen molar-refractivity contribution < 1.29 is 4.79 Å². The first-order valence-electron chi connectivity index (χ1n) is 8.20. The van der Waals surface area contributed by atoms with E-state index in [2.05, 4.69) is 37.1 Å². The van der Waals surface area contributed by atoms with Gasteiger partial charge in [0.25, 0.3) is 5.91 Å². The van der Waals surface area contributed by atoms with Crippen LogP contribution >= 0.6 is 0 Å². The van der Waals surface area contributed by atoms with Crippen LogP contribution in [0.4, 0.5) is 0 Å². The van der Waals surface area contributed by atoms with Gasteiger partial charge in [-0.2, -0.15) is 0 Å². The highest BCUT2D eigenvalue weighted by Gasteiger charge is 2.33. The largest absolute Gasteiger partial charge is 0.335 e. The van der Waals surface area contributed by atoms with Crippen LogP contribution in [0.2, 0.25) is 0 Å². The first kappa shape index (κ1) is 14.6. The van der Waals surface area contributed by atoms with Crippen molar-refractivity contribution >= 4 is 5.91 Å². The van der Waals surface area contributed by atoms with Gasteiger partial charge in [-0.05, 0) is 55.3 Å². The van der Waals surface area contributed by atoms with Crippen LogP contribution in [0.5, 0.6) is 0 Å². The van der Waals surface area contributed by atoms with E-state index in [-0.39, 0.29) is 5.91 Å². The zero-order valence-electron chi connectivity index (χ0n) is 13.4. The predicted molar refractivity (Wildman–Crippen MR) is 85.3 cm³/mol. The summed E-state index contributed by atoms with van der Waals surface area (Å²) in [6.45, 7) is 9.48. The fraction of sp³-hybridized carbons (Fsp3) is 0.611. The molecule has 0 bridgehead atoms. The van der Waals surface area contributed by atoms with Crippen molar-refractivity contribution in [1.29, 1.82) is 0 Å². The van der Waals surface area contributed by atoms with Crippen LogP contribution < -0.4 is 5.32 Å². The molecule has 1 amide bonds. The molecule has 0 radical (unpaired) electrons. The summed E-state index contributed by atoms with van der Waals surface area (Å²) < 4.78 is 0. The Labute approximate surface area is 127 Å². The van der Waals surface area contributed by atoms with Crippen LogP contribution in [0.1, 0.15) is 48.7 Å². The van der Waals surface area contributed by atoms with Gasteiger partial charge in [0, 0.05) is 24.7 Å². The standard InChI is InChI=1S/C18H26N2O/c1-12-9-13(2)14(3)20(11-12)18(21)17-6-4-5-15-10-19-8-7-16(15)17/h4-6,12-14,19H,7-11H2,1-3H3. The third-order valence-corrected chi connectivity index (χ3v) is 5.23. The SMILES string of the molecule is CC1CC(C)C(C)N(C(=O)c2cccc3c2CCNC3)C1. The smallest absolute Gasteiger partial charge is 0.254 e. The Morgan fingerprint density at radius 1 is 1.29 bits per heavy atom. The monoisotopic (exact) mass is 286 g/mol. The molecule has 1 fully saturated rings. The summed E-state index contributed by atoms with van der Waals surface area (Å²) in [5, 5.41) is 3.38. The molecule has 1 saturated heterocycles. The summed E-state index contributed by atoms with van der Waals surface area (Å²) in [5.41, 5.74) is 3.49. The summed E-state index contributed by atoms with van der Waals surface area (Å²) in [6, 6.07) is 6.53. The highest BCUT2D eigenvalue weighted by molar-refractivity contribution is 5.96. The lowest BCUT2D eigenvalue weighted by Crippen LogP contribution is -2.49. The third-order valence-electron chi connectivity index (χ3n) is 5.23. The van der Waals surface area contributed by atoms with E-state index in [9.17, 15) is 4.79 Å². The van der Waals surface area contributed by atoms with Gasteiger partial charge in [-0.25, -0.2) is 0 Å². The molecule has 2 aliphatic rings. The van der Waals surface area contributed by atoms with Crippen molar-refractivity contribution in [3.8, 4) is 0 Å². The average molecular weight is 286 g/mol. The average Bonchev–Trinajstić information content (AvgIpc) is 2.49. The third kappa shape index (κ3) is 2.71. The van der Waals surface area contributed by atoms with Crippen LogP contribution in [0.25, 0.3) is 0 Å². The first-order chi connectivity index (χ1) is 10.1. The molecular weight excluding hydrogens is 260 g/mol. The maximum absolute atomic E-state index is 13.1. The number of carbonyl (C=O) groups is 1. The van der Waals surface area contributed by atoms with Gasteiger partial charge in [0.2, 0.25) is 0 Å². The first-order valence-corrected chi connectivity index (χ1v) is 8.20. The van der Waals surface area contributed by atoms with Gasteiger partial charge in [0.15, 0.2) is 0 Å². The van der Waals surface area contributed by atoms with E-state index in [1.54, 1.807) is 0 Å². The maximum atomic E-state index is 13.1. The number of nitrogens with one attached hydrogen (secondary N) is 1. The van der Waals surface area contributed by atoms with Gasteiger partial charge in [0.05, 0.1) is 0 Å². The molecule has 3 unspecified atom stereocenters. The zero-order valence-corrected chi connectivity index (χ0v) is 13.4. The molecule has 3 heteroatoms. The number of likely N-dealkylation sites (tertiary alicyclic amines) is 1. The van der Waals surface area contributed by atoms with Gasteiger partial charge in [0.1, 0.15) is 0 Å². The molecule has 0 saturated carbocycles. The number of hydrogen-bond donors (Lipinski definition) is 1. The van der Waals surface area contributed by atoms with Crippen molar-refractivity contribution in [1.82, 2.24) is 10.2 Å². The van der Waals surface area contributed by atoms with Crippen molar-refractivity contribution in [2.75, 3.05) is 13.1 Å². The maximum Gasteiger partial charge on any atom is 0.254 e. The summed E-state index contributed by atoms with van der Waals surface area (Å²) in [4.78, 5) is 15.2. The van der Waals surface area contributed by atoms with E-state index in [1.807, 2.05) is 12.1 Å². The molecule has 3 atom stereocenters. The molecular formula is C18H26N2O.